The van der Waals surface area contributed by atoms with Gasteiger partial charge in [-0.05, 0) is 31.0 Å². The van der Waals surface area contributed by atoms with E-state index in [1.54, 1.807) is 11.3 Å². The van der Waals surface area contributed by atoms with Crippen molar-refractivity contribution >= 4 is 33.8 Å². The van der Waals surface area contributed by atoms with E-state index >= 15 is 0 Å². The Morgan fingerprint density at radius 1 is 1.24 bits per heavy atom. The van der Waals surface area contributed by atoms with Gasteiger partial charge < -0.3 is 5.32 Å². The van der Waals surface area contributed by atoms with Crippen LogP contribution < -0.4 is 5.32 Å². The Morgan fingerprint density at radius 3 is 2.86 bits per heavy atom. The molecular formula is C16H16ClN3S. The average molecular weight is 318 g/mol. The van der Waals surface area contributed by atoms with E-state index < -0.39 is 0 Å². The highest BCUT2D eigenvalue weighted by molar-refractivity contribution is 7.16. The lowest BCUT2D eigenvalue weighted by Crippen LogP contribution is -2.16. The highest BCUT2D eigenvalue weighted by atomic mass is 35.5. The minimum absolute atomic E-state index is 0.699. The molecule has 2 heterocycles. The van der Waals surface area contributed by atoms with E-state index in [4.69, 9.17) is 16.7 Å². The van der Waals surface area contributed by atoms with Gasteiger partial charge >= 0.3 is 0 Å². The van der Waals surface area contributed by atoms with Gasteiger partial charge in [-0.15, -0.1) is 11.3 Å². The molecule has 0 amide bonds. The van der Waals surface area contributed by atoms with E-state index in [9.17, 15) is 0 Å². The molecule has 0 aliphatic heterocycles. The molecule has 0 atom stereocenters. The predicted molar refractivity (Wildman–Crippen MR) is 88.0 cm³/mol. The number of hydrogen-bond donors (Lipinski definition) is 1. The Balaban J connectivity index is 1.66. The van der Waals surface area contributed by atoms with Gasteiger partial charge in [-0.3, -0.25) is 4.68 Å². The highest BCUT2D eigenvalue weighted by Crippen LogP contribution is 2.25. The smallest absolute Gasteiger partial charge is 0.0931 e. The van der Waals surface area contributed by atoms with Crippen molar-refractivity contribution in [3.8, 4) is 0 Å². The molecule has 1 aromatic carbocycles. The van der Waals surface area contributed by atoms with Crippen molar-refractivity contribution < 1.29 is 0 Å². The zero-order valence-corrected chi connectivity index (χ0v) is 13.1. The molecule has 1 aliphatic carbocycles. The molecule has 4 rings (SSSR count). The zero-order chi connectivity index (χ0) is 14.2. The van der Waals surface area contributed by atoms with Crippen molar-refractivity contribution in [1.82, 2.24) is 15.1 Å². The topological polar surface area (TPSA) is 29.9 Å². The summed E-state index contributed by atoms with van der Waals surface area (Å²) < 4.78 is 2.92. The van der Waals surface area contributed by atoms with Gasteiger partial charge in [0.2, 0.25) is 0 Å². The first kappa shape index (κ1) is 13.3. The fourth-order valence-corrected chi connectivity index (χ4v) is 3.63. The Labute approximate surface area is 132 Å². The van der Waals surface area contributed by atoms with Crippen molar-refractivity contribution in [2.75, 3.05) is 0 Å². The van der Waals surface area contributed by atoms with Gasteiger partial charge in [-0.25, -0.2) is 0 Å². The van der Waals surface area contributed by atoms with Gasteiger partial charge in [0.15, 0.2) is 0 Å². The third-order valence-corrected chi connectivity index (χ3v) is 5.02. The van der Waals surface area contributed by atoms with Gasteiger partial charge in [-0.2, -0.15) is 5.10 Å². The molecule has 1 aliphatic rings. The van der Waals surface area contributed by atoms with Crippen LogP contribution in [-0.4, -0.2) is 15.8 Å². The summed E-state index contributed by atoms with van der Waals surface area (Å²) in [6.45, 7) is 1.63. The van der Waals surface area contributed by atoms with Crippen molar-refractivity contribution in [1.29, 1.82) is 0 Å². The van der Waals surface area contributed by atoms with Crippen molar-refractivity contribution in [2.24, 2.45) is 0 Å². The largest absolute Gasteiger partial charge is 0.308 e. The molecule has 0 spiro atoms. The summed E-state index contributed by atoms with van der Waals surface area (Å²) in [5.74, 6) is 0. The molecule has 2 aromatic heterocycles. The summed E-state index contributed by atoms with van der Waals surface area (Å²) in [6, 6.07) is 13.2. The minimum Gasteiger partial charge on any atom is -0.308 e. The third kappa shape index (κ3) is 2.84. The third-order valence-electron chi connectivity index (χ3n) is 3.80. The molecule has 21 heavy (non-hydrogen) atoms. The number of aromatic nitrogens is 2. The summed E-state index contributed by atoms with van der Waals surface area (Å²) in [5.41, 5.74) is 2.33. The van der Waals surface area contributed by atoms with Crippen molar-refractivity contribution in [2.45, 2.75) is 32.0 Å². The van der Waals surface area contributed by atoms with E-state index in [0.717, 1.165) is 23.1 Å². The molecule has 3 aromatic rings. The summed E-state index contributed by atoms with van der Waals surface area (Å²) in [6.07, 6.45) is 2.60. The molecule has 5 heteroatoms. The second kappa shape index (κ2) is 5.44. The van der Waals surface area contributed by atoms with Crippen LogP contribution in [0.25, 0.3) is 10.9 Å². The van der Waals surface area contributed by atoms with Gasteiger partial charge in [0.1, 0.15) is 0 Å². The van der Waals surface area contributed by atoms with Crippen LogP contribution in [0.2, 0.25) is 4.34 Å². The normalized spacial score (nSPS) is 14.9. The van der Waals surface area contributed by atoms with Crippen LogP contribution >= 0.6 is 22.9 Å². The second-order valence-electron chi connectivity index (χ2n) is 5.48. The number of para-hydroxylation sites is 1. The van der Waals surface area contributed by atoms with Crippen LogP contribution in [-0.2, 0) is 13.1 Å². The number of benzene rings is 1. The Kier molecular flexibility index (Phi) is 3.45. The molecule has 3 nitrogen and oxygen atoms in total. The van der Waals surface area contributed by atoms with Crippen molar-refractivity contribution in [3.63, 3.8) is 0 Å². The van der Waals surface area contributed by atoms with Crippen LogP contribution in [0.5, 0.6) is 0 Å². The van der Waals surface area contributed by atoms with E-state index in [-0.39, 0.29) is 0 Å². The van der Waals surface area contributed by atoms with E-state index in [0.29, 0.717) is 6.04 Å². The lowest BCUT2D eigenvalue weighted by Gasteiger charge is -2.00. The molecule has 1 saturated carbocycles. The van der Waals surface area contributed by atoms with Crippen LogP contribution in [0, 0.1) is 0 Å². The first-order valence-electron chi connectivity index (χ1n) is 7.21. The van der Waals surface area contributed by atoms with E-state index in [2.05, 4.69) is 40.3 Å². The monoisotopic (exact) mass is 317 g/mol. The fourth-order valence-electron chi connectivity index (χ4n) is 2.56. The second-order valence-corrected chi connectivity index (χ2v) is 7.28. The standard InChI is InChI=1S/C16H16ClN3S/c17-16-8-7-12(21-16)10-20-15-4-2-1-3-13(15)14(19-20)9-18-11-5-6-11/h1-4,7-8,11,18H,5-6,9-10H2. The number of hydrogen-bond acceptors (Lipinski definition) is 3. The molecule has 0 saturated heterocycles. The molecule has 0 radical (unpaired) electrons. The molecule has 1 N–H and O–H groups in total. The SMILES string of the molecule is Clc1ccc(Cn2nc(CNC3CC3)c3ccccc32)s1. The summed E-state index contributed by atoms with van der Waals surface area (Å²) in [7, 11) is 0. The average Bonchev–Trinajstić information content (AvgIpc) is 3.15. The number of rotatable bonds is 5. The lowest BCUT2D eigenvalue weighted by molar-refractivity contribution is 0.643. The first-order valence-corrected chi connectivity index (χ1v) is 8.41. The van der Waals surface area contributed by atoms with Crippen molar-refractivity contribution in [3.05, 3.63) is 51.3 Å². The fraction of sp³-hybridized carbons (Fsp3) is 0.312. The Morgan fingerprint density at radius 2 is 2.10 bits per heavy atom. The van der Waals surface area contributed by atoms with Crippen LogP contribution in [0.3, 0.4) is 0 Å². The Hall–Kier alpha value is -1.36. The molecular weight excluding hydrogens is 302 g/mol. The molecule has 108 valence electrons. The molecule has 1 fully saturated rings. The number of fused-ring (bicyclic) bond motifs is 1. The summed E-state index contributed by atoms with van der Waals surface area (Å²) in [5, 5.41) is 9.61. The van der Waals surface area contributed by atoms with Crippen LogP contribution in [0.15, 0.2) is 36.4 Å². The summed E-state index contributed by atoms with van der Waals surface area (Å²) >= 11 is 7.64. The quantitative estimate of drug-likeness (QED) is 0.769. The molecule has 0 bridgehead atoms. The number of halogens is 1. The number of nitrogens with zero attached hydrogens (tertiary/aromatic N) is 2. The minimum atomic E-state index is 0.699. The van der Waals surface area contributed by atoms with Crippen LogP contribution in [0.1, 0.15) is 23.4 Å². The maximum atomic E-state index is 6.02. The van der Waals surface area contributed by atoms with E-state index in [1.807, 2.05) is 6.07 Å². The molecule has 0 unspecified atom stereocenters. The first-order chi connectivity index (χ1) is 10.3. The van der Waals surface area contributed by atoms with Crippen LogP contribution in [0.4, 0.5) is 0 Å². The number of nitrogens with one attached hydrogen (secondary N) is 1. The maximum absolute atomic E-state index is 6.02. The zero-order valence-electron chi connectivity index (χ0n) is 11.6. The lowest BCUT2D eigenvalue weighted by atomic mass is 10.2. The Bertz CT molecular complexity index is 773. The van der Waals surface area contributed by atoms with Gasteiger partial charge in [0, 0.05) is 22.8 Å². The van der Waals surface area contributed by atoms with E-state index in [1.165, 1.54) is 28.6 Å². The highest BCUT2D eigenvalue weighted by Gasteiger charge is 2.21. The maximum Gasteiger partial charge on any atom is 0.0931 e. The van der Waals surface area contributed by atoms with Gasteiger partial charge in [0.25, 0.3) is 0 Å². The predicted octanol–water partition coefficient (Wildman–Crippen LogP) is 4.05. The van der Waals surface area contributed by atoms with Gasteiger partial charge in [0.05, 0.1) is 22.1 Å². The summed E-state index contributed by atoms with van der Waals surface area (Å²) in [4.78, 5) is 1.23. The van der Waals surface area contributed by atoms with Gasteiger partial charge in [-0.1, -0.05) is 29.8 Å². The number of thiophene rings is 1.